The zero-order valence-electron chi connectivity index (χ0n) is 16.7. The maximum atomic E-state index is 13.1. The van der Waals surface area contributed by atoms with Crippen molar-refractivity contribution in [1.29, 1.82) is 0 Å². The van der Waals surface area contributed by atoms with Crippen LogP contribution < -0.4 is 4.18 Å². The molecule has 0 N–H and O–H groups in total. The fourth-order valence-electron chi connectivity index (χ4n) is 3.23. The Morgan fingerprint density at radius 3 is 2.41 bits per heavy atom. The van der Waals surface area contributed by atoms with Gasteiger partial charge < -0.3 is 9.08 Å². The van der Waals surface area contributed by atoms with Crippen LogP contribution in [0.3, 0.4) is 0 Å². The summed E-state index contributed by atoms with van der Waals surface area (Å²) in [7, 11) is -4.11. The van der Waals surface area contributed by atoms with Gasteiger partial charge in [0.2, 0.25) is 5.91 Å². The molecule has 1 atom stereocenters. The Morgan fingerprint density at radius 1 is 1.17 bits per heavy atom. The van der Waals surface area contributed by atoms with Crippen LogP contribution in [-0.4, -0.2) is 25.3 Å². The fraction of sp³-hybridized carbons (Fsp3) is 0.409. The van der Waals surface area contributed by atoms with Crippen molar-refractivity contribution in [3.05, 3.63) is 59.9 Å². The molecule has 0 aromatic heterocycles. The molecular weight excluding hydrogens is 393 g/mol. The first kappa shape index (κ1) is 21.3. The topological polar surface area (TPSA) is 63.7 Å². The SMILES string of the molecule is CC[C@@H](C)N(Cc1ccccc1OS(=O)(=O)c1ccc(F)cc1)C(=O)C1CCC1. The van der Waals surface area contributed by atoms with Crippen molar-refractivity contribution in [3.63, 3.8) is 0 Å². The predicted molar refractivity (Wildman–Crippen MR) is 108 cm³/mol. The number of carbonyl (C=O) groups is 1. The van der Waals surface area contributed by atoms with E-state index in [9.17, 15) is 17.6 Å². The highest BCUT2D eigenvalue weighted by molar-refractivity contribution is 7.87. The lowest BCUT2D eigenvalue weighted by Crippen LogP contribution is -2.43. The largest absolute Gasteiger partial charge is 0.379 e. The maximum Gasteiger partial charge on any atom is 0.339 e. The first-order chi connectivity index (χ1) is 13.8. The summed E-state index contributed by atoms with van der Waals surface area (Å²) < 4.78 is 43.7. The van der Waals surface area contributed by atoms with Crippen molar-refractivity contribution in [3.8, 4) is 5.75 Å². The highest BCUT2D eigenvalue weighted by Gasteiger charge is 2.32. The van der Waals surface area contributed by atoms with E-state index < -0.39 is 15.9 Å². The highest BCUT2D eigenvalue weighted by Crippen LogP contribution is 2.31. The summed E-state index contributed by atoms with van der Waals surface area (Å²) in [4.78, 5) is 14.6. The summed E-state index contributed by atoms with van der Waals surface area (Å²) in [5.74, 6) is -0.184. The van der Waals surface area contributed by atoms with Gasteiger partial charge in [-0.15, -0.1) is 0 Å². The smallest absolute Gasteiger partial charge is 0.339 e. The van der Waals surface area contributed by atoms with Crippen LogP contribution in [0.1, 0.15) is 45.1 Å². The van der Waals surface area contributed by atoms with Crippen molar-refractivity contribution in [2.45, 2.75) is 57.0 Å². The molecule has 1 fully saturated rings. The van der Waals surface area contributed by atoms with Gasteiger partial charge in [-0.05, 0) is 56.5 Å². The molecule has 2 aromatic rings. The Kier molecular flexibility index (Phi) is 6.57. The standard InChI is InChI=1S/C22H26FNO4S/c1-3-16(2)24(22(25)17-8-6-9-17)15-18-7-4-5-10-21(18)28-29(26,27)20-13-11-19(23)12-14-20/h4-5,7,10-14,16-17H,3,6,8-9,15H2,1-2H3/t16-/m1/s1. The average Bonchev–Trinajstić information content (AvgIpc) is 2.65. The van der Waals surface area contributed by atoms with Gasteiger partial charge in [0.25, 0.3) is 0 Å². The van der Waals surface area contributed by atoms with Crippen LogP contribution in [0.4, 0.5) is 4.39 Å². The van der Waals surface area contributed by atoms with Gasteiger partial charge in [0.15, 0.2) is 0 Å². The molecule has 0 spiro atoms. The number of benzene rings is 2. The first-order valence-corrected chi connectivity index (χ1v) is 11.3. The second-order valence-electron chi connectivity index (χ2n) is 7.45. The van der Waals surface area contributed by atoms with Gasteiger partial charge in [-0.1, -0.05) is 31.5 Å². The monoisotopic (exact) mass is 419 g/mol. The van der Waals surface area contributed by atoms with E-state index in [4.69, 9.17) is 4.18 Å². The molecule has 0 bridgehead atoms. The second kappa shape index (κ2) is 8.95. The molecule has 0 saturated heterocycles. The molecule has 7 heteroatoms. The Morgan fingerprint density at radius 2 is 1.83 bits per heavy atom. The van der Waals surface area contributed by atoms with Crippen LogP contribution in [0.15, 0.2) is 53.4 Å². The summed E-state index contributed by atoms with van der Waals surface area (Å²) in [5.41, 5.74) is 0.617. The average molecular weight is 420 g/mol. The number of hydrogen-bond acceptors (Lipinski definition) is 4. The van der Waals surface area contributed by atoms with Gasteiger partial charge in [-0.3, -0.25) is 4.79 Å². The molecule has 0 aliphatic heterocycles. The van der Waals surface area contributed by atoms with Crippen molar-refractivity contribution in [2.75, 3.05) is 0 Å². The zero-order chi connectivity index (χ0) is 21.0. The molecule has 1 aliphatic rings. The summed E-state index contributed by atoms with van der Waals surface area (Å²) in [5, 5.41) is 0. The number of carbonyl (C=O) groups excluding carboxylic acids is 1. The van der Waals surface area contributed by atoms with Gasteiger partial charge in [0.1, 0.15) is 16.5 Å². The lowest BCUT2D eigenvalue weighted by molar-refractivity contribution is -0.141. The lowest BCUT2D eigenvalue weighted by Gasteiger charge is -2.35. The minimum atomic E-state index is -4.11. The third kappa shape index (κ3) is 4.96. The first-order valence-electron chi connectivity index (χ1n) is 9.90. The van der Waals surface area contributed by atoms with E-state index in [-0.39, 0.29) is 35.1 Å². The zero-order valence-corrected chi connectivity index (χ0v) is 17.5. The van der Waals surface area contributed by atoms with E-state index in [2.05, 4.69) is 0 Å². The summed E-state index contributed by atoms with van der Waals surface area (Å²) in [6, 6.07) is 11.3. The van der Waals surface area contributed by atoms with Gasteiger partial charge in [-0.25, -0.2) is 4.39 Å². The molecule has 1 saturated carbocycles. The molecule has 1 aliphatic carbocycles. The van der Waals surface area contributed by atoms with E-state index >= 15 is 0 Å². The van der Waals surface area contributed by atoms with Crippen molar-refractivity contribution in [1.82, 2.24) is 4.90 Å². The number of nitrogens with zero attached hydrogens (tertiary/aromatic N) is 1. The highest BCUT2D eigenvalue weighted by atomic mass is 32.2. The number of halogens is 1. The Hall–Kier alpha value is -2.41. The Balaban J connectivity index is 1.85. The van der Waals surface area contributed by atoms with Crippen molar-refractivity contribution < 1.29 is 21.8 Å². The molecule has 5 nitrogen and oxygen atoms in total. The van der Waals surface area contributed by atoms with Gasteiger partial charge in [0.05, 0.1) is 0 Å². The fourth-order valence-corrected chi connectivity index (χ4v) is 4.19. The van der Waals surface area contributed by atoms with Crippen LogP contribution in [0, 0.1) is 11.7 Å². The summed E-state index contributed by atoms with van der Waals surface area (Å²) >= 11 is 0. The van der Waals surface area contributed by atoms with E-state index in [1.54, 1.807) is 24.3 Å². The summed E-state index contributed by atoms with van der Waals surface area (Å²) in [6.07, 6.45) is 3.68. The molecule has 1 amide bonds. The van der Waals surface area contributed by atoms with E-state index in [1.165, 1.54) is 12.1 Å². The van der Waals surface area contributed by atoms with Gasteiger partial charge in [0, 0.05) is 24.1 Å². The van der Waals surface area contributed by atoms with E-state index in [0.717, 1.165) is 37.8 Å². The van der Waals surface area contributed by atoms with Gasteiger partial charge in [-0.2, -0.15) is 8.42 Å². The van der Waals surface area contributed by atoms with Crippen molar-refractivity contribution in [2.24, 2.45) is 5.92 Å². The molecule has 0 radical (unpaired) electrons. The number of para-hydroxylation sites is 1. The molecule has 0 heterocycles. The Labute approximate surface area is 171 Å². The molecule has 3 rings (SSSR count). The minimum absolute atomic E-state index is 0.0323. The third-order valence-corrected chi connectivity index (χ3v) is 6.72. The van der Waals surface area contributed by atoms with E-state index in [0.29, 0.717) is 5.56 Å². The maximum absolute atomic E-state index is 13.1. The minimum Gasteiger partial charge on any atom is -0.379 e. The normalized spacial score (nSPS) is 15.4. The molecule has 2 aromatic carbocycles. The Bertz CT molecular complexity index is 955. The number of amides is 1. The number of rotatable bonds is 8. The molecular formula is C22H26FNO4S. The van der Waals surface area contributed by atoms with E-state index in [1.807, 2.05) is 18.7 Å². The quantitative estimate of drug-likeness (QED) is 0.590. The van der Waals surface area contributed by atoms with Crippen LogP contribution in [0.2, 0.25) is 0 Å². The van der Waals surface area contributed by atoms with Crippen LogP contribution >= 0.6 is 0 Å². The summed E-state index contributed by atoms with van der Waals surface area (Å²) in [6.45, 7) is 4.29. The van der Waals surface area contributed by atoms with Crippen molar-refractivity contribution >= 4 is 16.0 Å². The third-order valence-electron chi connectivity index (χ3n) is 5.48. The molecule has 29 heavy (non-hydrogen) atoms. The second-order valence-corrected chi connectivity index (χ2v) is 9.00. The predicted octanol–water partition coefficient (Wildman–Crippen LogP) is 4.52. The lowest BCUT2D eigenvalue weighted by atomic mass is 9.84. The van der Waals surface area contributed by atoms with Gasteiger partial charge >= 0.3 is 10.1 Å². The van der Waals surface area contributed by atoms with Crippen LogP contribution in [0.25, 0.3) is 0 Å². The van der Waals surface area contributed by atoms with Crippen LogP contribution in [-0.2, 0) is 21.5 Å². The van der Waals surface area contributed by atoms with Crippen LogP contribution in [0.5, 0.6) is 5.75 Å². The number of hydrogen-bond donors (Lipinski definition) is 0. The molecule has 0 unspecified atom stereocenters. The molecule has 156 valence electrons.